The minimum atomic E-state index is -0.636. The smallest absolute Gasteiger partial charge is 0.260 e. The van der Waals surface area contributed by atoms with E-state index in [0.29, 0.717) is 57.8 Å². The average Bonchev–Trinajstić information content (AvgIpc) is 2.91. The van der Waals surface area contributed by atoms with E-state index >= 15 is 0 Å². The van der Waals surface area contributed by atoms with Crippen LogP contribution in [0, 0.1) is 0 Å². The molecule has 0 saturated carbocycles. The molecular formula is C25H25ClN6O4. The zero-order valence-corrected chi connectivity index (χ0v) is 20.5. The summed E-state index contributed by atoms with van der Waals surface area (Å²) in [6.45, 7) is 0.826. The number of fused-ring (bicyclic) bond motifs is 1. The van der Waals surface area contributed by atoms with Gasteiger partial charge in [0.15, 0.2) is 6.29 Å². The predicted octanol–water partition coefficient (Wildman–Crippen LogP) is 2.92. The molecule has 0 bridgehead atoms. The van der Waals surface area contributed by atoms with Crippen LogP contribution in [0.5, 0.6) is 5.75 Å². The molecule has 3 N–H and O–H groups in total. The maximum Gasteiger partial charge on any atom is 0.260 e. The van der Waals surface area contributed by atoms with Gasteiger partial charge in [0.05, 0.1) is 32.9 Å². The van der Waals surface area contributed by atoms with Crippen LogP contribution in [0.4, 0.5) is 5.95 Å². The van der Waals surface area contributed by atoms with Crippen molar-refractivity contribution in [3.05, 3.63) is 64.2 Å². The van der Waals surface area contributed by atoms with E-state index in [2.05, 4.69) is 20.3 Å². The first-order valence-electron chi connectivity index (χ1n) is 11.3. The third-order valence-electron chi connectivity index (χ3n) is 5.90. The van der Waals surface area contributed by atoms with Crippen LogP contribution >= 0.6 is 11.6 Å². The van der Waals surface area contributed by atoms with E-state index in [0.717, 1.165) is 5.56 Å². The summed E-state index contributed by atoms with van der Waals surface area (Å²) in [4.78, 5) is 27.0. The lowest BCUT2D eigenvalue weighted by Crippen LogP contribution is -2.43. The maximum absolute atomic E-state index is 13.8. The number of rotatable bonds is 6. The largest absolute Gasteiger partial charge is 0.494 e. The average molecular weight is 509 g/mol. The van der Waals surface area contributed by atoms with Gasteiger partial charge in [-0.25, -0.2) is 4.98 Å². The minimum Gasteiger partial charge on any atom is -0.494 e. The Morgan fingerprint density at radius 2 is 2.00 bits per heavy atom. The van der Waals surface area contributed by atoms with E-state index in [9.17, 15) is 4.79 Å². The molecule has 186 valence electrons. The van der Waals surface area contributed by atoms with Crippen molar-refractivity contribution in [2.24, 2.45) is 5.73 Å². The molecule has 1 aliphatic rings. The molecule has 4 heterocycles. The van der Waals surface area contributed by atoms with Crippen molar-refractivity contribution >= 4 is 28.6 Å². The summed E-state index contributed by atoms with van der Waals surface area (Å²) in [6, 6.07) is 10.6. The maximum atomic E-state index is 13.8. The highest BCUT2D eigenvalue weighted by molar-refractivity contribution is 6.33. The standard InChI is InChI=1S/C25H25ClN6O4/c1-28-25-30-10-15-8-18(24(33)32(23(15)31-25)11-21-35-12-16(27)13-36-21)17-6-5-14(9-19(17)26)22-20(34-2)4-3-7-29-22/h3-10,16,21H,11-13,27H2,1-2H3,(H,28,30,31). The molecule has 0 unspecified atom stereocenters. The molecule has 10 nitrogen and oxygen atoms in total. The second-order valence-corrected chi connectivity index (χ2v) is 8.71. The van der Waals surface area contributed by atoms with Crippen molar-refractivity contribution < 1.29 is 14.2 Å². The predicted molar refractivity (Wildman–Crippen MR) is 137 cm³/mol. The van der Waals surface area contributed by atoms with Crippen LogP contribution in [0.25, 0.3) is 33.4 Å². The summed E-state index contributed by atoms with van der Waals surface area (Å²) in [5.41, 5.74) is 8.43. The van der Waals surface area contributed by atoms with Gasteiger partial charge in [0.1, 0.15) is 17.1 Å². The quantitative estimate of drug-likeness (QED) is 0.404. The minimum absolute atomic E-state index is 0.136. The Kier molecular flexibility index (Phi) is 6.84. The molecule has 0 radical (unpaired) electrons. The number of nitrogens with one attached hydrogen (secondary N) is 1. The highest BCUT2D eigenvalue weighted by atomic mass is 35.5. The van der Waals surface area contributed by atoms with E-state index in [1.165, 1.54) is 4.57 Å². The van der Waals surface area contributed by atoms with E-state index < -0.39 is 6.29 Å². The monoisotopic (exact) mass is 508 g/mol. The first kappa shape index (κ1) is 24.1. The summed E-state index contributed by atoms with van der Waals surface area (Å²) in [5.74, 6) is 1.02. The van der Waals surface area contributed by atoms with Gasteiger partial charge in [0.2, 0.25) is 5.95 Å². The highest BCUT2D eigenvalue weighted by Gasteiger charge is 2.23. The van der Waals surface area contributed by atoms with Gasteiger partial charge in [-0.1, -0.05) is 23.7 Å². The number of nitrogens with zero attached hydrogens (tertiary/aromatic N) is 4. The van der Waals surface area contributed by atoms with Crippen LogP contribution in [0.2, 0.25) is 5.02 Å². The molecule has 0 atom stereocenters. The van der Waals surface area contributed by atoms with Gasteiger partial charge < -0.3 is 25.3 Å². The summed E-state index contributed by atoms with van der Waals surface area (Å²) in [6.07, 6.45) is 2.71. The fraction of sp³-hybridized carbons (Fsp3) is 0.280. The van der Waals surface area contributed by atoms with Crippen molar-refractivity contribution in [2.45, 2.75) is 18.9 Å². The second-order valence-electron chi connectivity index (χ2n) is 8.30. The number of hydrogen-bond donors (Lipinski definition) is 2. The van der Waals surface area contributed by atoms with E-state index in [-0.39, 0.29) is 18.1 Å². The topological polar surface area (TPSA) is 126 Å². The van der Waals surface area contributed by atoms with Crippen molar-refractivity contribution in [3.63, 3.8) is 0 Å². The number of benzene rings is 1. The van der Waals surface area contributed by atoms with Gasteiger partial charge in [-0.3, -0.25) is 14.3 Å². The Morgan fingerprint density at radius 1 is 1.19 bits per heavy atom. The van der Waals surface area contributed by atoms with Crippen LogP contribution in [0.15, 0.2) is 53.6 Å². The first-order valence-corrected chi connectivity index (χ1v) is 11.7. The number of anilines is 1. The SMILES string of the molecule is CNc1ncc2cc(-c3ccc(-c4ncccc4OC)cc3Cl)c(=O)n(CC3OCC(N)CO3)c2n1. The van der Waals surface area contributed by atoms with E-state index in [1.54, 1.807) is 50.8 Å². The van der Waals surface area contributed by atoms with E-state index in [1.807, 2.05) is 12.1 Å². The normalized spacial score (nSPS) is 17.8. The Balaban J connectivity index is 1.61. The van der Waals surface area contributed by atoms with Gasteiger partial charge in [0.25, 0.3) is 5.56 Å². The highest BCUT2D eigenvalue weighted by Crippen LogP contribution is 2.34. The molecule has 1 aromatic carbocycles. The van der Waals surface area contributed by atoms with Crippen molar-refractivity contribution in [1.29, 1.82) is 0 Å². The summed E-state index contributed by atoms with van der Waals surface area (Å²) in [7, 11) is 3.30. The molecule has 1 saturated heterocycles. The van der Waals surface area contributed by atoms with Crippen LogP contribution in [0.3, 0.4) is 0 Å². The summed E-state index contributed by atoms with van der Waals surface area (Å²) >= 11 is 6.72. The third kappa shape index (κ3) is 4.63. The molecule has 4 aromatic rings. The van der Waals surface area contributed by atoms with Gasteiger partial charge in [-0.15, -0.1) is 0 Å². The summed E-state index contributed by atoms with van der Waals surface area (Å²) in [5, 5.41) is 3.97. The van der Waals surface area contributed by atoms with Gasteiger partial charge in [0, 0.05) is 46.5 Å². The number of ether oxygens (including phenoxy) is 3. The van der Waals surface area contributed by atoms with Crippen LogP contribution < -0.4 is 21.3 Å². The molecular weight excluding hydrogens is 484 g/mol. The molecule has 0 spiro atoms. The van der Waals surface area contributed by atoms with Crippen LogP contribution in [-0.4, -0.2) is 59.2 Å². The van der Waals surface area contributed by atoms with Gasteiger partial charge >= 0.3 is 0 Å². The Labute approximate surface area is 212 Å². The molecule has 1 aliphatic heterocycles. The van der Waals surface area contributed by atoms with Crippen molar-refractivity contribution in [2.75, 3.05) is 32.7 Å². The molecule has 3 aromatic heterocycles. The Hall–Kier alpha value is -3.57. The molecule has 0 aliphatic carbocycles. The molecule has 1 fully saturated rings. The van der Waals surface area contributed by atoms with E-state index in [4.69, 9.17) is 31.5 Å². The van der Waals surface area contributed by atoms with Crippen molar-refractivity contribution in [3.8, 4) is 28.1 Å². The molecule has 36 heavy (non-hydrogen) atoms. The zero-order valence-electron chi connectivity index (χ0n) is 19.8. The number of nitrogens with two attached hydrogens (primary N) is 1. The van der Waals surface area contributed by atoms with Crippen LogP contribution in [-0.2, 0) is 16.0 Å². The zero-order chi connectivity index (χ0) is 25.2. The summed E-state index contributed by atoms with van der Waals surface area (Å²) < 4.78 is 18.4. The van der Waals surface area contributed by atoms with Gasteiger partial charge in [-0.05, 0) is 24.3 Å². The lowest BCUT2D eigenvalue weighted by atomic mass is 10.0. The number of methoxy groups -OCH3 is 1. The Bertz CT molecular complexity index is 1470. The molecule has 0 amide bonds. The van der Waals surface area contributed by atoms with Crippen LogP contribution in [0.1, 0.15) is 0 Å². The second kappa shape index (κ2) is 10.2. The molecule has 11 heteroatoms. The first-order chi connectivity index (χ1) is 17.5. The van der Waals surface area contributed by atoms with Crippen molar-refractivity contribution in [1.82, 2.24) is 19.5 Å². The molecule has 5 rings (SSSR count). The fourth-order valence-corrected chi connectivity index (χ4v) is 4.39. The number of pyridine rings is 2. The lowest BCUT2D eigenvalue weighted by molar-refractivity contribution is -0.191. The lowest BCUT2D eigenvalue weighted by Gasteiger charge is -2.28. The van der Waals surface area contributed by atoms with Gasteiger partial charge in [-0.2, -0.15) is 4.98 Å². The number of aromatic nitrogens is 4. The number of hydrogen-bond acceptors (Lipinski definition) is 9. The fourth-order valence-electron chi connectivity index (χ4n) is 4.11. The third-order valence-corrected chi connectivity index (χ3v) is 6.21. The number of halogens is 1. The Morgan fingerprint density at radius 3 is 2.72 bits per heavy atom.